The number of ether oxygens (including phenoxy) is 1. The van der Waals surface area contributed by atoms with Gasteiger partial charge in [-0.05, 0) is 41.1 Å². The smallest absolute Gasteiger partial charge is 0.331 e. The number of halogens is 2. The average Bonchev–Trinajstić information content (AvgIpc) is 2.22. The van der Waals surface area contributed by atoms with Gasteiger partial charge in [0, 0.05) is 11.6 Å². The molecule has 0 aromatic heterocycles. The zero-order valence-electron chi connectivity index (χ0n) is 8.54. The second-order valence-corrected chi connectivity index (χ2v) is 3.93. The van der Waals surface area contributed by atoms with Crippen molar-refractivity contribution in [3.63, 3.8) is 0 Å². The SMILES string of the molecule is C/C(=C/COc1cc(F)ccc1Br)C(=O)O. The Bertz CT molecular complexity index is 429. The van der Waals surface area contributed by atoms with Crippen molar-refractivity contribution in [2.75, 3.05) is 6.61 Å². The number of aliphatic carboxylic acids is 1. The molecule has 1 rings (SSSR count). The topological polar surface area (TPSA) is 46.5 Å². The number of carboxylic acids is 1. The van der Waals surface area contributed by atoms with Gasteiger partial charge in [0.2, 0.25) is 0 Å². The number of rotatable bonds is 4. The Morgan fingerprint density at radius 3 is 2.94 bits per heavy atom. The lowest BCUT2D eigenvalue weighted by Crippen LogP contribution is -2.01. The second-order valence-electron chi connectivity index (χ2n) is 3.08. The summed E-state index contributed by atoms with van der Waals surface area (Å²) in [6, 6.07) is 4.06. The van der Waals surface area contributed by atoms with Gasteiger partial charge in [0.15, 0.2) is 0 Å². The molecule has 0 unspecified atom stereocenters. The van der Waals surface area contributed by atoms with Gasteiger partial charge in [-0.3, -0.25) is 0 Å². The summed E-state index contributed by atoms with van der Waals surface area (Å²) in [5.41, 5.74) is 0.188. The van der Waals surface area contributed by atoms with Crippen molar-refractivity contribution in [2.45, 2.75) is 6.92 Å². The third kappa shape index (κ3) is 3.66. The Morgan fingerprint density at radius 2 is 2.31 bits per heavy atom. The van der Waals surface area contributed by atoms with Crippen LogP contribution < -0.4 is 4.74 Å². The fourth-order valence-electron chi connectivity index (χ4n) is 0.932. The quantitative estimate of drug-likeness (QED) is 0.867. The molecule has 0 spiro atoms. The minimum absolute atomic E-state index is 0.0835. The molecule has 1 aromatic rings. The minimum atomic E-state index is -0.998. The molecule has 1 aromatic carbocycles. The summed E-state index contributed by atoms with van der Waals surface area (Å²) in [5, 5.41) is 8.58. The first-order chi connectivity index (χ1) is 7.50. The maximum atomic E-state index is 12.9. The lowest BCUT2D eigenvalue weighted by atomic mass is 10.3. The van der Waals surface area contributed by atoms with Crippen LogP contribution in [0.2, 0.25) is 0 Å². The molecule has 0 radical (unpaired) electrons. The third-order valence-electron chi connectivity index (χ3n) is 1.86. The van der Waals surface area contributed by atoms with Gasteiger partial charge in [-0.15, -0.1) is 0 Å². The van der Waals surface area contributed by atoms with Crippen molar-refractivity contribution >= 4 is 21.9 Å². The van der Waals surface area contributed by atoms with E-state index in [2.05, 4.69) is 15.9 Å². The van der Waals surface area contributed by atoms with E-state index in [9.17, 15) is 9.18 Å². The number of carbonyl (C=O) groups is 1. The molecule has 3 nitrogen and oxygen atoms in total. The van der Waals surface area contributed by atoms with Gasteiger partial charge in [0.25, 0.3) is 0 Å². The van der Waals surface area contributed by atoms with Gasteiger partial charge in [0.1, 0.15) is 18.2 Å². The van der Waals surface area contributed by atoms with Gasteiger partial charge in [-0.25, -0.2) is 9.18 Å². The fourth-order valence-corrected chi connectivity index (χ4v) is 1.29. The summed E-state index contributed by atoms with van der Waals surface area (Å²) >= 11 is 3.20. The molecule has 0 aliphatic rings. The summed E-state index contributed by atoms with van der Waals surface area (Å²) in [7, 11) is 0. The van der Waals surface area contributed by atoms with Crippen LogP contribution in [-0.2, 0) is 4.79 Å². The third-order valence-corrected chi connectivity index (χ3v) is 2.51. The van der Waals surface area contributed by atoms with Crippen LogP contribution in [0.5, 0.6) is 5.75 Å². The van der Waals surface area contributed by atoms with E-state index in [1.807, 2.05) is 0 Å². The molecule has 0 bridgehead atoms. The van der Waals surface area contributed by atoms with Crippen LogP contribution in [0, 0.1) is 5.82 Å². The summed E-state index contributed by atoms with van der Waals surface area (Å²) in [5.74, 6) is -1.06. The van der Waals surface area contributed by atoms with Gasteiger partial charge >= 0.3 is 5.97 Å². The molecule has 0 amide bonds. The van der Waals surface area contributed by atoms with Crippen molar-refractivity contribution < 1.29 is 19.0 Å². The first-order valence-electron chi connectivity index (χ1n) is 4.48. The van der Waals surface area contributed by atoms with Crippen molar-refractivity contribution in [1.29, 1.82) is 0 Å². The van der Waals surface area contributed by atoms with E-state index in [0.717, 1.165) is 0 Å². The molecule has 86 valence electrons. The molecular formula is C11H10BrFO3. The molecule has 0 fully saturated rings. The lowest BCUT2D eigenvalue weighted by Gasteiger charge is -2.05. The van der Waals surface area contributed by atoms with Crippen molar-refractivity contribution in [3.05, 3.63) is 40.1 Å². The highest BCUT2D eigenvalue weighted by Gasteiger charge is 2.03. The molecule has 0 saturated carbocycles. The van der Waals surface area contributed by atoms with E-state index in [0.29, 0.717) is 10.2 Å². The Morgan fingerprint density at radius 1 is 1.62 bits per heavy atom. The Balaban J connectivity index is 2.65. The maximum absolute atomic E-state index is 12.9. The standard InChI is InChI=1S/C11H10BrFO3/c1-7(11(14)15)4-5-16-10-6-8(13)2-3-9(10)12/h2-4,6H,5H2,1H3,(H,14,15)/b7-4-. The predicted molar refractivity (Wildman–Crippen MR) is 61.0 cm³/mol. The molecule has 0 aliphatic carbocycles. The number of hydrogen-bond acceptors (Lipinski definition) is 2. The summed E-state index contributed by atoms with van der Waals surface area (Å²) in [6.07, 6.45) is 1.42. The van der Waals surface area contributed by atoms with Crippen LogP contribution in [0.3, 0.4) is 0 Å². The van der Waals surface area contributed by atoms with Crippen molar-refractivity contribution in [2.24, 2.45) is 0 Å². The maximum Gasteiger partial charge on any atom is 0.331 e. The van der Waals surface area contributed by atoms with Gasteiger partial charge in [-0.2, -0.15) is 0 Å². The molecule has 0 aliphatic heterocycles. The van der Waals surface area contributed by atoms with Crippen LogP contribution >= 0.6 is 15.9 Å². The summed E-state index contributed by atoms with van der Waals surface area (Å²) < 4.78 is 18.7. The van der Waals surface area contributed by atoms with Crippen molar-refractivity contribution in [1.82, 2.24) is 0 Å². The van der Waals surface area contributed by atoms with E-state index in [1.54, 1.807) is 0 Å². The Labute approximate surface area is 101 Å². The summed E-state index contributed by atoms with van der Waals surface area (Å²) in [4.78, 5) is 10.5. The number of benzene rings is 1. The lowest BCUT2D eigenvalue weighted by molar-refractivity contribution is -0.132. The molecule has 1 N–H and O–H groups in total. The predicted octanol–water partition coefficient (Wildman–Crippen LogP) is 3.00. The zero-order valence-corrected chi connectivity index (χ0v) is 10.1. The van der Waals surface area contributed by atoms with Crippen LogP contribution in [0.1, 0.15) is 6.92 Å². The number of carboxylic acid groups (broad SMARTS) is 1. The average molecular weight is 289 g/mol. The molecule has 0 saturated heterocycles. The second kappa shape index (κ2) is 5.65. The molecule has 16 heavy (non-hydrogen) atoms. The van der Waals surface area contributed by atoms with Gasteiger partial charge in [0.05, 0.1) is 4.47 Å². The van der Waals surface area contributed by atoms with E-state index >= 15 is 0 Å². The molecule has 5 heteroatoms. The highest BCUT2D eigenvalue weighted by Crippen LogP contribution is 2.25. The fraction of sp³-hybridized carbons (Fsp3) is 0.182. The van der Waals surface area contributed by atoms with Gasteiger partial charge in [-0.1, -0.05) is 0 Å². The van der Waals surface area contributed by atoms with Crippen molar-refractivity contribution in [3.8, 4) is 5.75 Å². The normalized spacial score (nSPS) is 11.3. The Hall–Kier alpha value is -1.36. The van der Waals surface area contributed by atoms with Gasteiger partial charge < -0.3 is 9.84 Å². The number of hydrogen-bond donors (Lipinski definition) is 1. The first kappa shape index (κ1) is 12.7. The highest BCUT2D eigenvalue weighted by atomic mass is 79.9. The first-order valence-corrected chi connectivity index (χ1v) is 5.28. The monoisotopic (exact) mass is 288 g/mol. The molecule has 0 heterocycles. The highest BCUT2D eigenvalue weighted by molar-refractivity contribution is 9.10. The Kier molecular flexibility index (Phi) is 4.49. The van der Waals surface area contributed by atoms with E-state index in [-0.39, 0.29) is 12.2 Å². The van der Waals surface area contributed by atoms with E-state index in [4.69, 9.17) is 9.84 Å². The largest absolute Gasteiger partial charge is 0.488 e. The van der Waals surface area contributed by atoms with Crippen LogP contribution in [0.15, 0.2) is 34.3 Å². The zero-order chi connectivity index (χ0) is 12.1. The molecule has 0 atom stereocenters. The summed E-state index contributed by atoms with van der Waals surface area (Å²) in [6.45, 7) is 1.55. The van der Waals surface area contributed by atoms with Crippen LogP contribution in [0.4, 0.5) is 4.39 Å². The molecular weight excluding hydrogens is 279 g/mol. The minimum Gasteiger partial charge on any atom is -0.488 e. The van der Waals surface area contributed by atoms with Crippen LogP contribution in [-0.4, -0.2) is 17.7 Å². The van der Waals surface area contributed by atoms with Crippen LogP contribution in [0.25, 0.3) is 0 Å². The van der Waals surface area contributed by atoms with E-state index in [1.165, 1.54) is 31.2 Å². The van der Waals surface area contributed by atoms with E-state index < -0.39 is 11.8 Å².